The largest absolute Gasteiger partial charge is 0.497 e. The topological polar surface area (TPSA) is 87.7 Å². The van der Waals surface area contributed by atoms with Gasteiger partial charge in [0.2, 0.25) is 6.41 Å². The minimum Gasteiger partial charge on any atom is -0.497 e. The van der Waals surface area contributed by atoms with Gasteiger partial charge < -0.3 is 15.0 Å². The molecule has 0 saturated carbocycles. The van der Waals surface area contributed by atoms with E-state index >= 15 is 0 Å². The van der Waals surface area contributed by atoms with Crippen molar-refractivity contribution in [2.45, 2.75) is 32.4 Å². The summed E-state index contributed by atoms with van der Waals surface area (Å²) in [6.45, 7) is 4.76. The van der Waals surface area contributed by atoms with Crippen molar-refractivity contribution in [3.05, 3.63) is 64.7 Å². The van der Waals surface area contributed by atoms with Gasteiger partial charge in [0, 0.05) is 17.7 Å². The fourth-order valence-corrected chi connectivity index (χ4v) is 3.50. The molecular weight excluding hydrogens is 394 g/mol. The number of ether oxygens (including phenoxy) is 1. The number of fused-ring (bicyclic) bond motifs is 1. The monoisotopic (exact) mass is 419 g/mol. The lowest BCUT2D eigenvalue weighted by Crippen LogP contribution is -2.46. The van der Waals surface area contributed by atoms with Crippen molar-refractivity contribution in [2.24, 2.45) is 0 Å². The van der Waals surface area contributed by atoms with Gasteiger partial charge in [0.25, 0.3) is 5.91 Å². The van der Waals surface area contributed by atoms with E-state index in [1.807, 2.05) is 36.4 Å². The molecule has 0 spiro atoms. The van der Waals surface area contributed by atoms with E-state index in [1.54, 1.807) is 18.1 Å². The first-order valence-corrected chi connectivity index (χ1v) is 10.00. The summed E-state index contributed by atoms with van der Waals surface area (Å²) in [7, 11) is 1.55. The molecule has 0 saturated heterocycles. The number of amides is 4. The van der Waals surface area contributed by atoms with Crippen molar-refractivity contribution in [1.82, 2.24) is 15.5 Å². The summed E-state index contributed by atoms with van der Waals surface area (Å²) < 4.78 is 5.21. The molecule has 2 aromatic rings. The quantitative estimate of drug-likeness (QED) is 0.557. The van der Waals surface area contributed by atoms with Gasteiger partial charge in [-0.25, -0.2) is 4.79 Å². The predicted octanol–water partition coefficient (Wildman–Crippen LogP) is 2.65. The number of hydrogen-bond acceptors (Lipinski definition) is 4. The summed E-state index contributed by atoms with van der Waals surface area (Å²) in [5.41, 5.74) is 3.43. The average molecular weight is 419 g/mol. The molecule has 0 aliphatic carbocycles. The molecule has 3 rings (SSSR count). The van der Waals surface area contributed by atoms with Crippen LogP contribution in [0, 0.1) is 11.8 Å². The van der Waals surface area contributed by atoms with Gasteiger partial charge in [-0.2, -0.15) is 0 Å². The Bertz CT molecular complexity index is 1050. The lowest BCUT2D eigenvalue weighted by molar-refractivity contribution is -0.108. The summed E-state index contributed by atoms with van der Waals surface area (Å²) in [6, 6.07) is 11.9. The van der Waals surface area contributed by atoms with Crippen LogP contribution in [0.25, 0.3) is 0 Å². The Morgan fingerprint density at radius 3 is 2.74 bits per heavy atom. The first kappa shape index (κ1) is 21.9. The van der Waals surface area contributed by atoms with Gasteiger partial charge in [-0.15, -0.1) is 0 Å². The second kappa shape index (κ2) is 9.81. The number of hydrogen-bond donors (Lipinski definition) is 2. The number of urea groups is 1. The third-order valence-electron chi connectivity index (χ3n) is 5.06. The predicted molar refractivity (Wildman–Crippen MR) is 117 cm³/mol. The number of rotatable bonds is 6. The van der Waals surface area contributed by atoms with E-state index < -0.39 is 12.1 Å². The van der Waals surface area contributed by atoms with Crippen LogP contribution in [-0.2, 0) is 11.3 Å². The zero-order valence-electron chi connectivity index (χ0n) is 17.8. The highest BCUT2D eigenvalue weighted by Crippen LogP contribution is 2.26. The number of carbonyl (C=O) groups is 3. The fraction of sp³-hybridized carbons (Fsp3) is 0.292. The summed E-state index contributed by atoms with van der Waals surface area (Å²) in [4.78, 5) is 37.1. The third-order valence-corrected chi connectivity index (χ3v) is 5.06. The highest BCUT2D eigenvalue weighted by Gasteiger charge is 2.29. The Hall–Kier alpha value is -3.79. The fourth-order valence-electron chi connectivity index (χ4n) is 3.50. The molecule has 0 bridgehead atoms. The Labute approximate surface area is 181 Å². The van der Waals surface area contributed by atoms with Crippen LogP contribution in [0.5, 0.6) is 5.75 Å². The number of imide groups is 1. The zero-order chi connectivity index (χ0) is 22.4. The summed E-state index contributed by atoms with van der Waals surface area (Å²) in [6.07, 6.45) is 0.303. The molecule has 160 valence electrons. The molecule has 0 aromatic heterocycles. The van der Waals surface area contributed by atoms with Crippen molar-refractivity contribution >= 4 is 18.3 Å². The van der Waals surface area contributed by atoms with Crippen molar-refractivity contribution in [1.29, 1.82) is 0 Å². The van der Waals surface area contributed by atoms with Crippen LogP contribution in [0.15, 0.2) is 42.5 Å². The molecule has 2 aromatic carbocycles. The maximum absolute atomic E-state index is 12.9. The third kappa shape index (κ3) is 5.23. The molecule has 1 atom stereocenters. The van der Waals surface area contributed by atoms with Crippen molar-refractivity contribution in [3.8, 4) is 17.6 Å². The second-order valence-corrected chi connectivity index (χ2v) is 7.51. The van der Waals surface area contributed by atoms with Gasteiger partial charge in [0.05, 0.1) is 13.7 Å². The van der Waals surface area contributed by atoms with E-state index in [4.69, 9.17) is 4.74 Å². The first-order valence-electron chi connectivity index (χ1n) is 10.00. The summed E-state index contributed by atoms with van der Waals surface area (Å²) >= 11 is 0. The van der Waals surface area contributed by atoms with Gasteiger partial charge >= 0.3 is 6.03 Å². The highest BCUT2D eigenvalue weighted by atomic mass is 16.5. The molecule has 4 amide bonds. The SMILES string of the molecule is COc1ccc2c(c1)C(=O)N(C[C@@H](C#Cc1ccccc1C(C)C)NC(=O)NC=O)C2. The lowest BCUT2D eigenvalue weighted by Gasteiger charge is -2.21. The molecular formula is C24H25N3O4. The molecule has 0 fully saturated rings. The van der Waals surface area contributed by atoms with Gasteiger partial charge in [0.1, 0.15) is 11.8 Å². The lowest BCUT2D eigenvalue weighted by atomic mass is 9.97. The van der Waals surface area contributed by atoms with Crippen LogP contribution >= 0.6 is 0 Å². The van der Waals surface area contributed by atoms with Gasteiger partial charge in [-0.05, 0) is 35.2 Å². The number of nitrogens with one attached hydrogen (secondary N) is 2. The maximum Gasteiger partial charge on any atom is 0.322 e. The van der Waals surface area contributed by atoms with E-state index in [9.17, 15) is 14.4 Å². The van der Waals surface area contributed by atoms with Crippen LogP contribution in [0.1, 0.15) is 46.8 Å². The molecule has 2 N–H and O–H groups in total. The van der Waals surface area contributed by atoms with Gasteiger partial charge in [-0.3, -0.25) is 14.9 Å². The molecule has 1 aliphatic rings. The Morgan fingerprint density at radius 2 is 2.03 bits per heavy atom. The van der Waals surface area contributed by atoms with E-state index in [1.165, 1.54) is 0 Å². The molecule has 0 radical (unpaired) electrons. The van der Waals surface area contributed by atoms with E-state index in [-0.39, 0.29) is 12.5 Å². The van der Waals surface area contributed by atoms with E-state index in [0.717, 1.165) is 16.7 Å². The number of methoxy groups -OCH3 is 1. The maximum atomic E-state index is 12.9. The van der Waals surface area contributed by atoms with Crippen molar-refractivity contribution in [2.75, 3.05) is 13.7 Å². The van der Waals surface area contributed by atoms with E-state index in [2.05, 4.69) is 36.3 Å². The molecule has 31 heavy (non-hydrogen) atoms. The van der Waals surface area contributed by atoms with Crippen LogP contribution < -0.4 is 15.4 Å². The molecule has 7 nitrogen and oxygen atoms in total. The number of benzene rings is 2. The zero-order valence-corrected chi connectivity index (χ0v) is 17.8. The molecule has 0 unspecified atom stereocenters. The Kier molecular flexibility index (Phi) is 6.93. The average Bonchev–Trinajstić information content (AvgIpc) is 3.07. The van der Waals surface area contributed by atoms with Crippen LogP contribution in [0.2, 0.25) is 0 Å². The van der Waals surface area contributed by atoms with Crippen molar-refractivity contribution < 1.29 is 19.1 Å². The van der Waals surface area contributed by atoms with Gasteiger partial charge in [0.15, 0.2) is 0 Å². The number of nitrogens with zero attached hydrogens (tertiary/aromatic N) is 1. The summed E-state index contributed by atoms with van der Waals surface area (Å²) in [5, 5.41) is 4.71. The Balaban J connectivity index is 1.83. The smallest absolute Gasteiger partial charge is 0.322 e. The van der Waals surface area contributed by atoms with Crippen LogP contribution in [0.3, 0.4) is 0 Å². The summed E-state index contributed by atoms with van der Waals surface area (Å²) in [5.74, 6) is 6.94. The van der Waals surface area contributed by atoms with Gasteiger partial charge in [-0.1, -0.05) is 50.0 Å². The highest BCUT2D eigenvalue weighted by molar-refractivity contribution is 5.98. The normalized spacial score (nSPS) is 13.2. The minimum atomic E-state index is -0.669. The molecule has 7 heteroatoms. The standard InChI is InChI=1S/C24H25N3O4/c1-16(2)21-7-5-4-6-17(21)8-10-19(26-24(30)25-15-28)14-27-13-18-9-11-20(31-3)12-22(18)23(27)29/h4-7,9,11-12,15-16,19H,13-14H2,1-3H3,(H2,25,26,28,30)/t19-/m1/s1. The van der Waals surface area contributed by atoms with E-state index in [0.29, 0.717) is 30.2 Å². The first-order chi connectivity index (χ1) is 14.9. The minimum absolute atomic E-state index is 0.152. The number of carbonyl (C=O) groups excluding carboxylic acids is 3. The Morgan fingerprint density at radius 1 is 1.26 bits per heavy atom. The second-order valence-electron chi connectivity index (χ2n) is 7.51. The molecule has 1 aliphatic heterocycles. The van der Waals surface area contributed by atoms with Crippen molar-refractivity contribution in [3.63, 3.8) is 0 Å². The molecule has 1 heterocycles. The van der Waals surface area contributed by atoms with Crippen LogP contribution in [-0.4, -0.2) is 42.9 Å². The van der Waals surface area contributed by atoms with Crippen LogP contribution in [0.4, 0.5) is 4.79 Å².